The third kappa shape index (κ3) is 6.13. The fourth-order valence-electron chi connectivity index (χ4n) is 2.79. The maximum absolute atomic E-state index is 13.5. The molecule has 0 bridgehead atoms. The summed E-state index contributed by atoms with van der Waals surface area (Å²) in [6.07, 6.45) is -3.63. The summed E-state index contributed by atoms with van der Waals surface area (Å²) < 4.78 is 68.7. The number of para-hydroxylation sites is 1. The van der Waals surface area contributed by atoms with Crippen molar-refractivity contribution in [1.29, 1.82) is 5.41 Å². The first-order valence-electron chi connectivity index (χ1n) is 9.47. The van der Waals surface area contributed by atoms with Gasteiger partial charge in [0.05, 0.1) is 33.4 Å². The summed E-state index contributed by atoms with van der Waals surface area (Å²) in [5.41, 5.74) is -1.73. The first-order valence-corrected chi connectivity index (χ1v) is 13.0. The molecule has 0 fully saturated rings. The van der Waals surface area contributed by atoms with Gasteiger partial charge in [-0.1, -0.05) is 35.6 Å². The third-order valence-corrected chi connectivity index (χ3v) is 7.36. The lowest BCUT2D eigenvalue weighted by Crippen LogP contribution is -2.18. The second-order valence-corrected chi connectivity index (χ2v) is 10.7. The van der Waals surface area contributed by atoms with Crippen LogP contribution in [-0.4, -0.2) is 43.7 Å². The molecule has 14 heteroatoms. The lowest BCUT2D eigenvalue weighted by atomic mass is 10.1. The average Bonchev–Trinajstić information content (AvgIpc) is 3.30. The number of aromatic nitrogens is 2. The molecular weight excluding hydrogens is 573 g/mol. The largest absolute Gasteiger partial charge is 0.464 e. The number of rotatable bonds is 7. The Hall–Kier alpha value is -3.10. The van der Waals surface area contributed by atoms with Crippen molar-refractivity contribution in [3.8, 4) is 10.6 Å². The number of carbonyl (C=O) groups is 1. The van der Waals surface area contributed by atoms with Gasteiger partial charge in [-0.3, -0.25) is 5.41 Å². The molecule has 0 aliphatic carbocycles. The van der Waals surface area contributed by atoms with Crippen LogP contribution in [0.2, 0.25) is 0 Å². The van der Waals surface area contributed by atoms with Crippen molar-refractivity contribution in [1.82, 2.24) is 10.2 Å². The molecule has 1 heterocycles. The number of methoxy groups -OCH3 is 1. The summed E-state index contributed by atoms with van der Waals surface area (Å²) >= 11 is 4.01. The number of hydrogen-bond donors (Lipinski definition) is 2. The van der Waals surface area contributed by atoms with Crippen LogP contribution < -0.4 is 5.32 Å². The maximum atomic E-state index is 13.5. The molecule has 0 saturated carbocycles. The van der Waals surface area contributed by atoms with E-state index in [1.165, 1.54) is 36.4 Å². The van der Waals surface area contributed by atoms with Gasteiger partial charge in [0.15, 0.2) is 20.6 Å². The van der Waals surface area contributed by atoms with Gasteiger partial charge >= 0.3 is 12.1 Å². The molecule has 0 radical (unpaired) electrons. The molecule has 35 heavy (non-hydrogen) atoms. The number of ether oxygens (including phenoxy) is 1. The van der Waals surface area contributed by atoms with Crippen LogP contribution in [0.1, 0.15) is 10.6 Å². The van der Waals surface area contributed by atoms with E-state index in [9.17, 15) is 26.4 Å². The Morgan fingerprint density at radius 1 is 1.14 bits per heavy atom. The van der Waals surface area contributed by atoms with E-state index in [1.807, 2.05) is 0 Å². The summed E-state index contributed by atoms with van der Waals surface area (Å²) in [4.78, 5) is 12.0. The molecule has 0 amide bonds. The zero-order valence-electron chi connectivity index (χ0n) is 18.0. The smallest absolute Gasteiger partial charge is 0.418 e. The van der Waals surface area contributed by atoms with E-state index in [0.717, 1.165) is 30.8 Å². The first kappa shape index (κ1) is 26.5. The van der Waals surface area contributed by atoms with Crippen LogP contribution in [0, 0.1) is 5.41 Å². The lowest BCUT2D eigenvalue weighted by Gasteiger charge is -2.16. The van der Waals surface area contributed by atoms with Crippen LogP contribution in [0.25, 0.3) is 16.3 Å². The molecular formula is C21H16BrF3N4O4S2. The number of nitrogens with one attached hydrogen (secondary N) is 2. The molecule has 0 aliphatic heterocycles. The van der Waals surface area contributed by atoms with Gasteiger partial charge < -0.3 is 10.1 Å². The van der Waals surface area contributed by atoms with E-state index < -0.39 is 33.3 Å². The van der Waals surface area contributed by atoms with Gasteiger partial charge in [-0.25, -0.2) is 13.2 Å². The Morgan fingerprint density at radius 2 is 1.83 bits per heavy atom. The molecule has 0 spiro atoms. The summed E-state index contributed by atoms with van der Waals surface area (Å²) in [5, 5.41) is 19.0. The number of hydrogen-bond acceptors (Lipinski definition) is 9. The Balaban J connectivity index is 2.14. The number of halogens is 4. The number of anilines is 1. The van der Waals surface area contributed by atoms with Crippen molar-refractivity contribution in [2.75, 3.05) is 18.7 Å². The molecule has 0 atom stereocenters. The highest BCUT2D eigenvalue weighted by Crippen LogP contribution is 2.38. The number of nitrogens with zero attached hydrogens (tertiary/aromatic N) is 2. The minimum absolute atomic E-state index is 0.0299. The molecule has 2 N–H and O–H groups in total. The zero-order valence-corrected chi connectivity index (χ0v) is 21.2. The predicted octanol–water partition coefficient (Wildman–Crippen LogP) is 5.00. The third-order valence-electron chi connectivity index (χ3n) is 4.47. The quantitative estimate of drug-likeness (QED) is 0.294. The fraction of sp³-hybridized carbons (Fsp3) is 0.143. The average molecular weight is 589 g/mol. The van der Waals surface area contributed by atoms with Gasteiger partial charge in [0, 0.05) is 11.8 Å². The maximum Gasteiger partial charge on any atom is 0.418 e. The summed E-state index contributed by atoms with van der Waals surface area (Å²) in [5.74, 6) is -1.04. The Labute approximate surface area is 210 Å². The second-order valence-electron chi connectivity index (χ2n) is 6.94. The van der Waals surface area contributed by atoms with Crippen LogP contribution in [0.5, 0.6) is 0 Å². The standard InChI is InChI=1S/C21H16BrF3N4O4S2/c1-33-20(30)16(26)15(22)17(27-14-9-4-3-8-13(14)21(23,24)25)19-29-28-18(34-19)11-6-5-7-12(10-11)35(2,31)32/h3-10,26-27H,1-2H3/b17-15+,26-16?. The monoisotopic (exact) mass is 588 g/mol. The van der Waals surface area contributed by atoms with Crippen LogP contribution in [0.3, 0.4) is 0 Å². The number of alkyl halides is 3. The van der Waals surface area contributed by atoms with Crippen molar-refractivity contribution < 1.29 is 31.1 Å². The van der Waals surface area contributed by atoms with Crippen LogP contribution in [0.4, 0.5) is 18.9 Å². The van der Waals surface area contributed by atoms with Crippen LogP contribution >= 0.6 is 27.3 Å². The molecule has 3 rings (SSSR count). The predicted molar refractivity (Wildman–Crippen MR) is 129 cm³/mol. The van der Waals surface area contributed by atoms with E-state index in [-0.39, 0.29) is 30.8 Å². The minimum Gasteiger partial charge on any atom is -0.464 e. The molecule has 0 unspecified atom stereocenters. The highest BCUT2D eigenvalue weighted by molar-refractivity contribution is 9.12. The molecule has 0 aliphatic rings. The van der Waals surface area contributed by atoms with Crippen LogP contribution in [-0.2, 0) is 25.5 Å². The summed E-state index contributed by atoms with van der Waals surface area (Å²) in [7, 11) is -2.44. The number of sulfone groups is 1. The van der Waals surface area contributed by atoms with Gasteiger partial charge in [0.1, 0.15) is 5.01 Å². The van der Waals surface area contributed by atoms with E-state index >= 15 is 0 Å². The molecule has 3 aromatic rings. The first-order chi connectivity index (χ1) is 16.3. The van der Waals surface area contributed by atoms with Crippen molar-refractivity contribution >= 4 is 60.2 Å². The SMILES string of the molecule is COC(=O)C(=N)/C(Br)=C(\Nc1ccccc1C(F)(F)F)c1nnc(-c2cccc(S(C)(=O)=O)c2)s1. The molecule has 2 aromatic carbocycles. The van der Waals surface area contributed by atoms with Gasteiger partial charge in [-0.15, -0.1) is 10.2 Å². The van der Waals surface area contributed by atoms with E-state index in [2.05, 4.69) is 36.2 Å². The second kappa shape index (κ2) is 10.3. The van der Waals surface area contributed by atoms with E-state index in [1.54, 1.807) is 6.07 Å². The number of benzene rings is 2. The zero-order chi connectivity index (χ0) is 26.0. The molecule has 0 saturated heterocycles. The normalized spacial score (nSPS) is 12.6. The van der Waals surface area contributed by atoms with Gasteiger partial charge in [0.2, 0.25) is 0 Å². The van der Waals surface area contributed by atoms with Crippen molar-refractivity contribution in [2.24, 2.45) is 0 Å². The molecule has 1 aromatic heterocycles. The molecule has 184 valence electrons. The van der Waals surface area contributed by atoms with E-state index in [4.69, 9.17) is 5.41 Å². The number of carbonyl (C=O) groups excluding carboxylic acids is 1. The van der Waals surface area contributed by atoms with Gasteiger partial charge in [-0.05, 0) is 40.2 Å². The fourth-order valence-corrected chi connectivity index (χ4v) is 4.89. The molecule has 8 nitrogen and oxygen atoms in total. The minimum atomic E-state index is -4.69. The van der Waals surface area contributed by atoms with Crippen molar-refractivity contribution in [2.45, 2.75) is 11.1 Å². The highest BCUT2D eigenvalue weighted by atomic mass is 79.9. The highest BCUT2D eigenvalue weighted by Gasteiger charge is 2.34. The van der Waals surface area contributed by atoms with E-state index in [0.29, 0.717) is 5.56 Å². The van der Waals surface area contributed by atoms with Crippen molar-refractivity contribution in [3.63, 3.8) is 0 Å². The number of esters is 1. The summed E-state index contributed by atoms with van der Waals surface area (Å²) in [6, 6.07) is 10.6. The topological polar surface area (TPSA) is 122 Å². The van der Waals surface area contributed by atoms with Gasteiger partial charge in [-0.2, -0.15) is 13.2 Å². The summed E-state index contributed by atoms with van der Waals surface area (Å²) in [6.45, 7) is 0. The van der Waals surface area contributed by atoms with Crippen molar-refractivity contribution in [3.05, 3.63) is 63.6 Å². The van der Waals surface area contributed by atoms with Crippen LogP contribution in [0.15, 0.2) is 57.9 Å². The van der Waals surface area contributed by atoms with Gasteiger partial charge in [0.25, 0.3) is 0 Å². The Kier molecular flexibility index (Phi) is 7.77. The Bertz CT molecular complexity index is 1440. The Morgan fingerprint density at radius 3 is 2.46 bits per heavy atom. The lowest BCUT2D eigenvalue weighted by molar-refractivity contribution is -0.137.